The summed E-state index contributed by atoms with van der Waals surface area (Å²) in [5.74, 6) is -1.04. The predicted molar refractivity (Wildman–Crippen MR) is 199 cm³/mol. The molecule has 0 saturated carbocycles. The molecule has 0 aliphatic carbocycles. The van der Waals surface area contributed by atoms with Gasteiger partial charge in [-0.3, -0.25) is 18.6 Å². The summed E-state index contributed by atoms with van der Waals surface area (Å²) in [5, 5.41) is 38.0. The molecule has 0 heterocycles. The summed E-state index contributed by atoms with van der Waals surface area (Å²) < 4.78 is 33.1. The largest absolute Gasteiger partial charge is 0.472 e. The number of carbonyl (C=O) groups is 2. The van der Waals surface area contributed by atoms with Crippen LogP contribution in [0.1, 0.15) is 181 Å². The number of aliphatic hydroxyl groups is 4. The Labute approximate surface area is 309 Å². The van der Waals surface area contributed by atoms with Crippen molar-refractivity contribution in [3.8, 4) is 0 Å². The fourth-order valence-corrected chi connectivity index (χ4v) is 6.73. The van der Waals surface area contributed by atoms with Gasteiger partial charge in [-0.15, -0.1) is 0 Å². The second kappa shape index (κ2) is 34.6. The van der Waals surface area contributed by atoms with E-state index in [2.05, 4.69) is 13.8 Å². The quantitative estimate of drug-likeness (QED) is 0.0234. The summed E-state index contributed by atoms with van der Waals surface area (Å²) in [4.78, 5) is 35.2. The highest BCUT2D eigenvalue weighted by molar-refractivity contribution is 7.47. The van der Waals surface area contributed by atoms with Gasteiger partial charge in [-0.05, 0) is 12.8 Å². The Hall–Kier alpha value is -1.11. The topological polar surface area (TPSA) is 189 Å². The van der Waals surface area contributed by atoms with E-state index in [0.717, 1.165) is 38.5 Å². The SMILES string of the molecule is CCCCCCCCCCCCCCCCCC(=O)OC[C@H](COP(=O)(O)O[C@H](CO)[C@@H](O)[C@H](O)CO)OC(=O)CCCCCCCCCCC. The van der Waals surface area contributed by atoms with Crippen LogP contribution < -0.4 is 0 Å². The van der Waals surface area contributed by atoms with Crippen molar-refractivity contribution in [3.63, 3.8) is 0 Å². The second-order valence-electron chi connectivity index (χ2n) is 13.9. The molecule has 0 saturated heterocycles. The van der Waals surface area contributed by atoms with E-state index in [4.69, 9.17) is 23.6 Å². The lowest BCUT2D eigenvalue weighted by atomic mass is 10.0. The minimum absolute atomic E-state index is 0.129. The summed E-state index contributed by atoms with van der Waals surface area (Å²) in [5.41, 5.74) is 0. The number of phosphoric acid groups is 1. The molecule has 0 aromatic carbocycles. The molecule has 0 bridgehead atoms. The molecule has 0 aliphatic rings. The molecule has 12 nitrogen and oxygen atoms in total. The number of ether oxygens (including phenoxy) is 2. The zero-order valence-electron chi connectivity index (χ0n) is 32.1. The molecule has 0 amide bonds. The molecule has 1 unspecified atom stereocenters. The number of carbonyl (C=O) groups excluding carboxylic acids is 2. The van der Waals surface area contributed by atoms with Gasteiger partial charge >= 0.3 is 19.8 Å². The summed E-state index contributed by atoms with van der Waals surface area (Å²) in [6.07, 6.45) is 21.6. The minimum Gasteiger partial charge on any atom is -0.462 e. The molecule has 5 N–H and O–H groups in total. The van der Waals surface area contributed by atoms with Gasteiger partial charge in [0.2, 0.25) is 0 Å². The lowest BCUT2D eigenvalue weighted by molar-refractivity contribution is -0.161. The standard InChI is InChI=1S/C38H75O12P/c1-3-5-7-9-11-13-14-15-16-17-18-20-21-23-25-27-36(42)47-31-33(49-37(43)28-26-24-22-19-12-10-8-6-4-2)32-48-51(45,46)50-35(30-40)38(44)34(41)29-39/h33-35,38-41,44H,3-32H2,1-2H3,(H,45,46)/t33-,34-,35-,38+/m1/s1. The Bertz CT molecular complexity index is 861. The Morgan fingerprint density at radius 2 is 0.961 bits per heavy atom. The van der Waals surface area contributed by atoms with E-state index in [1.807, 2.05) is 0 Å². The molecular weight excluding hydrogens is 679 g/mol. The Balaban J connectivity index is 4.59. The van der Waals surface area contributed by atoms with E-state index in [0.29, 0.717) is 12.8 Å². The normalized spacial score (nSPS) is 15.2. The molecule has 0 radical (unpaired) electrons. The second-order valence-corrected chi connectivity index (χ2v) is 15.3. The summed E-state index contributed by atoms with van der Waals surface area (Å²) >= 11 is 0. The third-order valence-corrected chi connectivity index (χ3v) is 10.0. The molecule has 0 spiro atoms. The summed E-state index contributed by atoms with van der Waals surface area (Å²) in [7, 11) is -4.95. The van der Waals surface area contributed by atoms with Crippen LogP contribution in [0.2, 0.25) is 0 Å². The van der Waals surface area contributed by atoms with Crippen molar-refractivity contribution in [3.05, 3.63) is 0 Å². The van der Waals surface area contributed by atoms with E-state index in [1.165, 1.54) is 103 Å². The van der Waals surface area contributed by atoms with Gasteiger partial charge in [-0.25, -0.2) is 4.57 Å². The van der Waals surface area contributed by atoms with Crippen molar-refractivity contribution < 1.29 is 58.0 Å². The first-order valence-corrected chi connectivity index (χ1v) is 21.7. The summed E-state index contributed by atoms with van der Waals surface area (Å²) in [6, 6.07) is 0. The average Bonchev–Trinajstić information content (AvgIpc) is 3.11. The lowest BCUT2D eigenvalue weighted by Gasteiger charge is -2.26. The molecular formula is C38H75O12P. The molecule has 0 fully saturated rings. The monoisotopic (exact) mass is 754 g/mol. The first-order valence-electron chi connectivity index (χ1n) is 20.2. The Morgan fingerprint density at radius 3 is 1.35 bits per heavy atom. The van der Waals surface area contributed by atoms with Crippen LogP contribution >= 0.6 is 7.82 Å². The summed E-state index contributed by atoms with van der Waals surface area (Å²) in [6.45, 7) is 1.53. The zero-order chi connectivity index (χ0) is 38.0. The average molecular weight is 755 g/mol. The highest BCUT2D eigenvalue weighted by Crippen LogP contribution is 2.45. The Morgan fingerprint density at radius 1 is 0.569 bits per heavy atom. The van der Waals surface area contributed by atoms with Gasteiger partial charge < -0.3 is 34.8 Å². The van der Waals surface area contributed by atoms with E-state index < -0.39 is 70.6 Å². The van der Waals surface area contributed by atoms with Crippen LogP contribution in [0.15, 0.2) is 0 Å². The van der Waals surface area contributed by atoms with Crippen LogP contribution in [0.4, 0.5) is 0 Å². The van der Waals surface area contributed by atoms with Crippen molar-refractivity contribution in [1.29, 1.82) is 0 Å². The highest BCUT2D eigenvalue weighted by atomic mass is 31.2. The highest BCUT2D eigenvalue weighted by Gasteiger charge is 2.35. The van der Waals surface area contributed by atoms with Gasteiger partial charge in [0.15, 0.2) is 6.10 Å². The maximum absolute atomic E-state index is 12.6. The smallest absolute Gasteiger partial charge is 0.462 e. The van der Waals surface area contributed by atoms with Gasteiger partial charge in [0.1, 0.15) is 24.9 Å². The number of unbranched alkanes of at least 4 members (excludes halogenated alkanes) is 22. The molecule has 51 heavy (non-hydrogen) atoms. The first kappa shape index (κ1) is 49.9. The number of phosphoric ester groups is 1. The minimum atomic E-state index is -4.95. The van der Waals surface area contributed by atoms with Crippen LogP contribution in [0.5, 0.6) is 0 Å². The van der Waals surface area contributed by atoms with Crippen molar-refractivity contribution in [1.82, 2.24) is 0 Å². The van der Waals surface area contributed by atoms with E-state index in [1.54, 1.807) is 0 Å². The molecule has 0 aromatic heterocycles. The third-order valence-electron chi connectivity index (χ3n) is 9.03. The van der Waals surface area contributed by atoms with Crippen molar-refractivity contribution >= 4 is 19.8 Å². The van der Waals surface area contributed by atoms with Gasteiger partial charge in [0, 0.05) is 12.8 Å². The van der Waals surface area contributed by atoms with E-state index in [9.17, 15) is 34.4 Å². The number of esters is 2. The first-order chi connectivity index (χ1) is 24.6. The molecule has 0 aromatic rings. The van der Waals surface area contributed by atoms with Crippen molar-refractivity contribution in [2.24, 2.45) is 0 Å². The fraction of sp³-hybridized carbons (Fsp3) is 0.947. The van der Waals surface area contributed by atoms with Crippen molar-refractivity contribution in [2.45, 2.75) is 205 Å². The third kappa shape index (κ3) is 31.0. The predicted octanol–water partition coefficient (Wildman–Crippen LogP) is 7.83. The van der Waals surface area contributed by atoms with Crippen LogP contribution in [0, 0.1) is 0 Å². The van der Waals surface area contributed by atoms with Gasteiger partial charge in [0.05, 0.1) is 19.8 Å². The maximum atomic E-state index is 12.6. The van der Waals surface area contributed by atoms with Crippen LogP contribution in [0.25, 0.3) is 0 Å². The van der Waals surface area contributed by atoms with E-state index in [-0.39, 0.29) is 12.8 Å². The molecule has 5 atom stereocenters. The van der Waals surface area contributed by atoms with E-state index >= 15 is 0 Å². The fourth-order valence-electron chi connectivity index (χ4n) is 5.78. The number of hydrogen-bond acceptors (Lipinski definition) is 11. The van der Waals surface area contributed by atoms with Crippen molar-refractivity contribution in [2.75, 3.05) is 26.4 Å². The molecule has 304 valence electrons. The van der Waals surface area contributed by atoms with Gasteiger partial charge in [-0.2, -0.15) is 0 Å². The van der Waals surface area contributed by atoms with Gasteiger partial charge in [-0.1, -0.05) is 155 Å². The molecule has 13 heteroatoms. The zero-order valence-corrected chi connectivity index (χ0v) is 33.0. The van der Waals surface area contributed by atoms with Crippen LogP contribution in [-0.4, -0.2) is 88.1 Å². The lowest BCUT2D eigenvalue weighted by Crippen LogP contribution is -2.42. The molecule has 0 rings (SSSR count). The van der Waals surface area contributed by atoms with Crippen LogP contribution in [0.3, 0.4) is 0 Å². The number of hydrogen-bond donors (Lipinski definition) is 5. The Kier molecular flexibility index (Phi) is 33.9. The maximum Gasteiger partial charge on any atom is 0.472 e. The van der Waals surface area contributed by atoms with Crippen LogP contribution in [-0.2, 0) is 32.7 Å². The number of aliphatic hydroxyl groups excluding tert-OH is 4. The van der Waals surface area contributed by atoms with Gasteiger partial charge in [0.25, 0.3) is 0 Å². The number of rotatable bonds is 38. The molecule has 0 aliphatic heterocycles.